The Bertz CT molecular complexity index is 380. The highest BCUT2D eigenvalue weighted by molar-refractivity contribution is 5.23. The second-order valence-corrected chi connectivity index (χ2v) is 6.01. The topological polar surface area (TPSA) is 62.5 Å². The lowest BCUT2D eigenvalue weighted by Gasteiger charge is -2.49. The lowest BCUT2D eigenvalue weighted by atomic mass is 9.58. The van der Waals surface area contributed by atoms with E-state index in [1.807, 2.05) is 0 Å². The maximum absolute atomic E-state index is 11.2. The van der Waals surface area contributed by atoms with Crippen molar-refractivity contribution in [2.75, 3.05) is 7.11 Å². The summed E-state index contributed by atoms with van der Waals surface area (Å²) in [7, 11) is 1.64. The first kappa shape index (κ1) is 12.4. The Kier molecular flexibility index (Phi) is 2.89. The fourth-order valence-electron chi connectivity index (χ4n) is 4.33. The molecule has 3 aliphatic rings. The summed E-state index contributed by atoms with van der Waals surface area (Å²) in [5.41, 5.74) is -1.79. The van der Waals surface area contributed by atoms with Crippen LogP contribution in [0.4, 0.5) is 0 Å². The number of rotatable bonds is 2. The minimum Gasteiger partial charge on any atom is -0.385 e. The largest absolute Gasteiger partial charge is 0.385 e. The third kappa shape index (κ3) is 1.41. The summed E-state index contributed by atoms with van der Waals surface area (Å²) in [4.78, 5) is 0. The molecule has 5 atom stereocenters. The second-order valence-electron chi connectivity index (χ2n) is 6.01. The van der Waals surface area contributed by atoms with Gasteiger partial charge < -0.3 is 14.6 Å². The minimum absolute atomic E-state index is 0.103. The van der Waals surface area contributed by atoms with Gasteiger partial charge in [0.25, 0.3) is 0 Å². The molecule has 100 valence electrons. The number of hydrogen-bond acceptors (Lipinski definition) is 4. The molecule has 0 amide bonds. The van der Waals surface area contributed by atoms with Crippen molar-refractivity contribution in [1.29, 1.82) is 5.26 Å². The molecule has 2 heterocycles. The lowest BCUT2D eigenvalue weighted by molar-refractivity contribution is -0.183. The van der Waals surface area contributed by atoms with Crippen LogP contribution >= 0.6 is 0 Å². The summed E-state index contributed by atoms with van der Waals surface area (Å²) in [5, 5.41) is 20.9. The second kappa shape index (κ2) is 4.19. The molecule has 1 aliphatic carbocycles. The van der Waals surface area contributed by atoms with Gasteiger partial charge in [0.2, 0.25) is 0 Å². The van der Waals surface area contributed by atoms with E-state index in [0.717, 1.165) is 32.1 Å². The molecule has 1 N–H and O–H groups in total. The predicted octanol–water partition coefficient (Wildman–Crippen LogP) is 1.77. The SMILES string of the molecule is COC1CCCCC1(O)C1(C#N)CC2CCC1O2. The van der Waals surface area contributed by atoms with E-state index in [9.17, 15) is 10.4 Å². The highest BCUT2D eigenvalue weighted by Crippen LogP contribution is 2.57. The molecule has 0 aromatic heterocycles. The number of hydrogen-bond donors (Lipinski definition) is 1. The van der Waals surface area contributed by atoms with Gasteiger partial charge in [-0.3, -0.25) is 0 Å². The Balaban J connectivity index is 1.97. The average Bonchev–Trinajstić information content (AvgIpc) is 3.00. The first-order valence-electron chi connectivity index (χ1n) is 6.98. The van der Waals surface area contributed by atoms with Crippen LogP contribution in [0.15, 0.2) is 0 Å². The van der Waals surface area contributed by atoms with Crippen molar-refractivity contribution in [3.05, 3.63) is 0 Å². The Morgan fingerprint density at radius 3 is 2.72 bits per heavy atom. The maximum Gasteiger partial charge on any atom is 0.117 e. The Labute approximate surface area is 108 Å². The summed E-state index contributed by atoms with van der Waals surface area (Å²) < 4.78 is 11.3. The molecule has 4 nitrogen and oxygen atoms in total. The number of nitrogens with zero attached hydrogens (tertiary/aromatic N) is 1. The van der Waals surface area contributed by atoms with Gasteiger partial charge in [-0.05, 0) is 32.1 Å². The van der Waals surface area contributed by atoms with Gasteiger partial charge in [0, 0.05) is 7.11 Å². The van der Waals surface area contributed by atoms with Gasteiger partial charge in [-0.25, -0.2) is 0 Å². The lowest BCUT2D eigenvalue weighted by Crippen LogP contribution is -2.61. The monoisotopic (exact) mass is 251 g/mol. The summed E-state index contributed by atoms with van der Waals surface area (Å²) in [6.07, 6.45) is 5.97. The van der Waals surface area contributed by atoms with E-state index in [4.69, 9.17) is 9.47 Å². The van der Waals surface area contributed by atoms with Crippen molar-refractivity contribution in [3.8, 4) is 6.07 Å². The first-order valence-corrected chi connectivity index (χ1v) is 6.98. The van der Waals surface area contributed by atoms with Crippen molar-refractivity contribution >= 4 is 0 Å². The standard InChI is InChI=1S/C14H21NO3/c1-17-12-4-2-3-7-14(12,16)13(9-15)8-10-5-6-11(13)18-10/h10-12,16H,2-8H2,1H3. The van der Waals surface area contributed by atoms with E-state index in [-0.39, 0.29) is 18.3 Å². The smallest absolute Gasteiger partial charge is 0.117 e. The third-order valence-corrected chi connectivity index (χ3v) is 5.27. The van der Waals surface area contributed by atoms with Gasteiger partial charge in [0.05, 0.1) is 24.4 Å². The van der Waals surface area contributed by atoms with Crippen molar-refractivity contribution in [2.24, 2.45) is 5.41 Å². The van der Waals surface area contributed by atoms with Gasteiger partial charge in [0.15, 0.2) is 0 Å². The van der Waals surface area contributed by atoms with Crippen LogP contribution in [0.25, 0.3) is 0 Å². The van der Waals surface area contributed by atoms with Crippen molar-refractivity contribution < 1.29 is 14.6 Å². The van der Waals surface area contributed by atoms with E-state index in [0.29, 0.717) is 12.8 Å². The molecule has 2 bridgehead atoms. The third-order valence-electron chi connectivity index (χ3n) is 5.27. The van der Waals surface area contributed by atoms with Gasteiger partial charge in [-0.15, -0.1) is 0 Å². The van der Waals surface area contributed by atoms with E-state index in [2.05, 4.69) is 6.07 Å². The molecule has 0 aromatic rings. The van der Waals surface area contributed by atoms with Crippen molar-refractivity contribution in [1.82, 2.24) is 0 Å². The van der Waals surface area contributed by atoms with Crippen LogP contribution in [0, 0.1) is 16.7 Å². The number of aliphatic hydroxyl groups is 1. The molecule has 4 heteroatoms. The first-order chi connectivity index (χ1) is 8.66. The zero-order chi connectivity index (χ0) is 12.8. The summed E-state index contributed by atoms with van der Waals surface area (Å²) in [5.74, 6) is 0. The molecular weight excluding hydrogens is 230 g/mol. The van der Waals surface area contributed by atoms with Crippen LogP contribution in [0.1, 0.15) is 44.9 Å². The molecule has 2 aliphatic heterocycles. The zero-order valence-electron chi connectivity index (χ0n) is 10.9. The van der Waals surface area contributed by atoms with Crippen molar-refractivity contribution in [3.63, 3.8) is 0 Å². The molecule has 2 saturated heterocycles. The van der Waals surface area contributed by atoms with E-state index in [1.54, 1.807) is 7.11 Å². The molecule has 0 spiro atoms. The van der Waals surface area contributed by atoms with Crippen LogP contribution in [0.3, 0.4) is 0 Å². The van der Waals surface area contributed by atoms with Crippen LogP contribution in [0.2, 0.25) is 0 Å². The normalized spacial score (nSPS) is 51.3. The fraction of sp³-hybridized carbons (Fsp3) is 0.929. The van der Waals surface area contributed by atoms with Gasteiger partial charge in [0.1, 0.15) is 11.0 Å². The van der Waals surface area contributed by atoms with E-state index in [1.165, 1.54) is 0 Å². The summed E-state index contributed by atoms with van der Waals surface area (Å²) in [6, 6.07) is 2.43. The molecule has 5 unspecified atom stereocenters. The van der Waals surface area contributed by atoms with Crippen molar-refractivity contribution in [2.45, 2.75) is 68.9 Å². The summed E-state index contributed by atoms with van der Waals surface area (Å²) >= 11 is 0. The molecule has 3 fully saturated rings. The fourth-order valence-corrected chi connectivity index (χ4v) is 4.33. The highest BCUT2D eigenvalue weighted by atomic mass is 16.5. The van der Waals surface area contributed by atoms with E-state index < -0.39 is 11.0 Å². The molecule has 0 radical (unpaired) electrons. The Morgan fingerprint density at radius 1 is 1.33 bits per heavy atom. The highest BCUT2D eigenvalue weighted by Gasteiger charge is 2.66. The number of fused-ring (bicyclic) bond motifs is 2. The van der Waals surface area contributed by atoms with Crippen LogP contribution in [0.5, 0.6) is 0 Å². The summed E-state index contributed by atoms with van der Waals surface area (Å²) in [6.45, 7) is 0. The molecule has 0 aromatic carbocycles. The molecule has 1 saturated carbocycles. The molecule has 18 heavy (non-hydrogen) atoms. The maximum atomic E-state index is 11.2. The van der Waals surface area contributed by atoms with Gasteiger partial charge in [-0.2, -0.15) is 5.26 Å². The zero-order valence-corrected chi connectivity index (χ0v) is 10.9. The quantitative estimate of drug-likeness (QED) is 0.812. The number of nitriles is 1. The Hall–Kier alpha value is -0.630. The predicted molar refractivity (Wildman–Crippen MR) is 64.8 cm³/mol. The van der Waals surface area contributed by atoms with Gasteiger partial charge in [-0.1, -0.05) is 12.8 Å². The number of methoxy groups -OCH3 is 1. The van der Waals surface area contributed by atoms with Crippen LogP contribution in [-0.2, 0) is 9.47 Å². The Morgan fingerprint density at radius 2 is 2.17 bits per heavy atom. The van der Waals surface area contributed by atoms with E-state index >= 15 is 0 Å². The average molecular weight is 251 g/mol. The minimum atomic E-state index is -1.03. The number of ether oxygens (including phenoxy) is 2. The van der Waals surface area contributed by atoms with Crippen LogP contribution < -0.4 is 0 Å². The molecular formula is C14H21NO3. The van der Waals surface area contributed by atoms with Crippen LogP contribution in [-0.4, -0.2) is 36.1 Å². The molecule has 3 rings (SSSR count). The van der Waals surface area contributed by atoms with Gasteiger partial charge >= 0.3 is 0 Å².